The fraction of sp³-hybridized carbons (Fsp3) is 0.538. The second-order valence-electron chi connectivity index (χ2n) is 4.88. The van der Waals surface area contributed by atoms with E-state index in [9.17, 15) is 0 Å². The molecule has 0 spiro atoms. The lowest BCUT2D eigenvalue weighted by Crippen LogP contribution is -2.31. The van der Waals surface area contributed by atoms with Crippen LogP contribution in [0.25, 0.3) is 5.65 Å². The standard InChI is InChI=1S/C13H19N5/c1-2-17-8-4-5-10(17)9-12-15-13-7-3-6-11(14)18(13)16-12/h3,6-7,10H,2,4-5,8-9,14H2,1H3. The largest absolute Gasteiger partial charge is 0.384 e. The average Bonchev–Trinajstić information content (AvgIpc) is 2.96. The van der Waals surface area contributed by atoms with Gasteiger partial charge in [-0.1, -0.05) is 13.0 Å². The summed E-state index contributed by atoms with van der Waals surface area (Å²) in [5.41, 5.74) is 6.72. The maximum Gasteiger partial charge on any atom is 0.157 e. The first-order chi connectivity index (χ1) is 8.78. The molecule has 0 saturated carbocycles. The van der Waals surface area contributed by atoms with Crippen molar-refractivity contribution in [3.63, 3.8) is 0 Å². The third kappa shape index (κ3) is 1.95. The molecule has 5 heteroatoms. The molecule has 1 aliphatic rings. The van der Waals surface area contributed by atoms with Gasteiger partial charge >= 0.3 is 0 Å². The fourth-order valence-corrected chi connectivity index (χ4v) is 2.81. The van der Waals surface area contributed by atoms with Crippen LogP contribution in [0, 0.1) is 0 Å². The van der Waals surface area contributed by atoms with Crippen LogP contribution in [0.1, 0.15) is 25.6 Å². The van der Waals surface area contributed by atoms with Gasteiger partial charge in [-0.3, -0.25) is 0 Å². The van der Waals surface area contributed by atoms with E-state index in [1.807, 2.05) is 18.2 Å². The number of pyridine rings is 1. The Morgan fingerprint density at radius 2 is 2.33 bits per heavy atom. The van der Waals surface area contributed by atoms with Crippen molar-refractivity contribution >= 4 is 11.5 Å². The Kier molecular flexibility index (Phi) is 2.91. The number of likely N-dealkylation sites (tertiary alicyclic amines) is 1. The molecular formula is C13H19N5. The topological polar surface area (TPSA) is 59.5 Å². The second kappa shape index (κ2) is 4.57. The first-order valence-electron chi connectivity index (χ1n) is 6.62. The Hall–Kier alpha value is -1.62. The van der Waals surface area contributed by atoms with E-state index in [1.165, 1.54) is 19.4 Å². The minimum absolute atomic E-state index is 0.591. The number of aromatic nitrogens is 3. The Bertz CT molecular complexity index is 547. The van der Waals surface area contributed by atoms with Gasteiger partial charge in [0.15, 0.2) is 11.5 Å². The van der Waals surface area contributed by atoms with Crippen molar-refractivity contribution in [2.45, 2.75) is 32.2 Å². The smallest absolute Gasteiger partial charge is 0.157 e. The van der Waals surface area contributed by atoms with Gasteiger partial charge in [0.2, 0.25) is 0 Å². The van der Waals surface area contributed by atoms with Gasteiger partial charge in [-0.05, 0) is 38.1 Å². The highest BCUT2D eigenvalue weighted by Crippen LogP contribution is 2.20. The lowest BCUT2D eigenvalue weighted by molar-refractivity contribution is 0.263. The average molecular weight is 245 g/mol. The molecule has 3 rings (SSSR count). The summed E-state index contributed by atoms with van der Waals surface area (Å²) >= 11 is 0. The van der Waals surface area contributed by atoms with E-state index < -0.39 is 0 Å². The zero-order chi connectivity index (χ0) is 12.5. The number of nitrogen functional groups attached to an aromatic ring is 1. The van der Waals surface area contributed by atoms with E-state index in [0.717, 1.165) is 24.4 Å². The molecule has 0 amide bonds. The van der Waals surface area contributed by atoms with E-state index in [-0.39, 0.29) is 0 Å². The summed E-state index contributed by atoms with van der Waals surface area (Å²) in [6.07, 6.45) is 3.46. The lowest BCUT2D eigenvalue weighted by atomic mass is 10.1. The van der Waals surface area contributed by atoms with E-state index in [2.05, 4.69) is 21.9 Å². The lowest BCUT2D eigenvalue weighted by Gasteiger charge is -2.21. The Labute approximate surface area is 107 Å². The molecule has 96 valence electrons. The highest BCUT2D eigenvalue weighted by molar-refractivity contribution is 5.46. The maximum atomic E-state index is 5.88. The third-order valence-electron chi connectivity index (χ3n) is 3.76. The summed E-state index contributed by atoms with van der Waals surface area (Å²) in [6.45, 7) is 4.53. The normalized spacial score (nSPS) is 20.8. The van der Waals surface area contributed by atoms with Crippen LogP contribution in [0.2, 0.25) is 0 Å². The highest BCUT2D eigenvalue weighted by atomic mass is 15.3. The number of hydrogen-bond donors (Lipinski definition) is 1. The molecule has 5 nitrogen and oxygen atoms in total. The van der Waals surface area contributed by atoms with Crippen molar-refractivity contribution in [2.75, 3.05) is 18.8 Å². The zero-order valence-electron chi connectivity index (χ0n) is 10.7. The number of anilines is 1. The predicted octanol–water partition coefficient (Wildman–Crippen LogP) is 1.34. The van der Waals surface area contributed by atoms with Crippen LogP contribution < -0.4 is 5.73 Å². The van der Waals surface area contributed by atoms with Crippen LogP contribution in [-0.4, -0.2) is 38.6 Å². The summed E-state index contributed by atoms with van der Waals surface area (Å²) in [7, 11) is 0. The van der Waals surface area contributed by atoms with Crippen LogP contribution in [-0.2, 0) is 6.42 Å². The van der Waals surface area contributed by atoms with Crippen LogP contribution >= 0.6 is 0 Å². The van der Waals surface area contributed by atoms with Gasteiger partial charge in [0, 0.05) is 12.5 Å². The van der Waals surface area contributed by atoms with Crippen molar-refractivity contribution in [3.8, 4) is 0 Å². The first kappa shape index (κ1) is 11.5. The molecule has 3 heterocycles. The number of rotatable bonds is 3. The minimum atomic E-state index is 0.591. The van der Waals surface area contributed by atoms with Gasteiger partial charge in [-0.15, -0.1) is 5.10 Å². The van der Waals surface area contributed by atoms with Crippen molar-refractivity contribution in [1.29, 1.82) is 0 Å². The summed E-state index contributed by atoms with van der Waals surface area (Å²) in [4.78, 5) is 7.06. The van der Waals surface area contributed by atoms with E-state index >= 15 is 0 Å². The second-order valence-corrected chi connectivity index (χ2v) is 4.88. The van der Waals surface area contributed by atoms with Crippen LogP contribution in [0.15, 0.2) is 18.2 Å². The number of nitrogens with zero attached hydrogens (tertiary/aromatic N) is 4. The monoisotopic (exact) mass is 245 g/mol. The molecule has 2 aromatic heterocycles. The highest BCUT2D eigenvalue weighted by Gasteiger charge is 2.24. The van der Waals surface area contributed by atoms with Crippen molar-refractivity contribution in [2.24, 2.45) is 0 Å². The van der Waals surface area contributed by atoms with Crippen LogP contribution in [0.4, 0.5) is 5.82 Å². The van der Waals surface area contributed by atoms with Crippen LogP contribution in [0.3, 0.4) is 0 Å². The molecule has 0 radical (unpaired) electrons. The molecule has 0 bridgehead atoms. The summed E-state index contributed by atoms with van der Waals surface area (Å²) in [6, 6.07) is 6.30. The van der Waals surface area contributed by atoms with Gasteiger partial charge < -0.3 is 10.6 Å². The number of likely N-dealkylation sites (N-methyl/N-ethyl adjacent to an activating group) is 1. The van der Waals surface area contributed by atoms with Crippen LogP contribution in [0.5, 0.6) is 0 Å². The SMILES string of the molecule is CCN1CCCC1Cc1nc2cccc(N)n2n1. The Balaban J connectivity index is 1.84. The van der Waals surface area contributed by atoms with Gasteiger partial charge in [-0.2, -0.15) is 4.52 Å². The fourth-order valence-electron chi connectivity index (χ4n) is 2.81. The summed E-state index contributed by atoms with van der Waals surface area (Å²) < 4.78 is 1.72. The maximum absolute atomic E-state index is 5.88. The predicted molar refractivity (Wildman–Crippen MR) is 71.4 cm³/mol. The van der Waals surface area contributed by atoms with Crippen molar-refractivity contribution < 1.29 is 0 Å². The van der Waals surface area contributed by atoms with Gasteiger partial charge in [-0.25, -0.2) is 4.98 Å². The summed E-state index contributed by atoms with van der Waals surface area (Å²) in [5, 5.41) is 4.50. The third-order valence-corrected chi connectivity index (χ3v) is 3.76. The number of nitrogens with two attached hydrogens (primary N) is 1. The molecule has 18 heavy (non-hydrogen) atoms. The molecule has 1 atom stereocenters. The number of fused-ring (bicyclic) bond motifs is 1. The van der Waals surface area contributed by atoms with Gasteiger partial charge in [0.1, 0.15) is 5.82 Å². The van der Waals surface area contributed by atoms with E-state index in [0.29, 0.717) is 11.9 Å². The molecular weight excluding hydrogens is 226 g/mol. The molecule has 2 N–H and O–H groups in total. The molecule has 0 aromatic carbocycles. The summed E-state index contributed by atoms with van der Waals surface area (Å²) in [5.74, 6) is 1.54. The zero-order valence-corrected chi connectivity index (χ0v) is 10.7. The van der Waals surface area contributed by atoms with E-state index in [4.69, 9.17) is 5.73 Å². The molecule has 0 aliphatic carbocycles. The molecule has 2 aromatic rings. The molecule has 1 fully saturated rings. The molecule has 1 unspecified atom stereocenters. The molecule has 1 saturated heterocycles. The van der Waals surface area contributed by atoms with E-state index in [1.54, 1.807) is 4.52 Å². The molecule has 1 aliphatic heterocycles. The first-order valence-corrected chi connectivity index (χ1v) is 6.62. The van der Waals surface area contributed by atoms with Crippen molar-refractivity contribution in [3.05, 3.63) is 24.0 Å². The number of hydrogen-bond acceptors (Lipinski definition) is 4. The Morgan fingerprint density at radius 3 is 3.11 bits per heavy atom. The minimum Gasteiger partial charge on any atom is -0.384 e. The van der Waals surface area contributed by atoms with Gasteiger partial charge in [0.25, 0.3) is 0 Å². The van der Waals surface area contributed by atoms with Gasteiger partial charge in [0.05, 0.1) is 0 Å². The quantitative estimate of drug-likeness (QED) is 0.886. The van der Waals surface area contributed by atoms with Crippen molar-refractivity contribution in [1.82, 2.24) is 19.5 Å². The Morgan fingerprint density at radius 1 is 1.44 bits per heavy atom.